The Kier molecular flexibility index (Phi) is 6.34. The second kappa shape index (κ2) is 9.30. The van der Waals surface area contributed by atoms with E-state index in [1.807, 2.05) is 18.7 Å². The highest BCUT2D eigenvalue weighted by molar-refractivity contribution is 5.95. The number of fused-ring (bicyclic) bond motifs is 1. The van der Waals surface area contributed by atoms with E-state index in [0.717, 1.165) is 42.9 Å². The number of halogens is 2. The first-order valence-corrected chi connectivity index (χ1v) is 12.6. The zero-order valence-corrected chi connectivity index (χ0v) is 20.8. The Bertz CT molecular complexity index is 1080. The van der Waals surface area contributed by atoms with Crippen LogP contribution in [0.3, 0.4) is 0 Å². The maximum Gasteiger partial charge on any atom is 0.325 e. The molecule has 5 rings (SSSR count). The smallest absolute Gasteiger partial charge is 0.325 e. The van der Waals surface area contributed by atoms with E-state index < -0.39 is 0 Å². The molecule has 6 nitrogen and oxygen atoms in total. The molecule has 0 saturated carbocycles. The van der Waals surface area contributed by atoms with Crippen molar-refractivity contribution in [1.29, 1.82) is 0 Å². The molecule has 3 aliphatic rings. The maximum atomic E-state index is 14.4. The van der Waals surface area contributed by atoms with Gasteiger partial charge in [0.25, 0.3) is 0 Å². The van der Waals surface area contributed by atoms with E-state index in [-0.39, 0.29) is 29.4 Å². The first-order valence-electron chi connectivity index (χ1n) is 12.6. The molecule has 0 radical (unpaired) electrons. The molecule has 2 fully saturated rings. The summed E-state index contributed by atoms with van der Waals surface area (Å²) in [5.41, 5.74) is 2.10. The van der Waals surface area contributed by atoms with Crippen LogP contribution in [0.25, 0.3) is 0 Å². The number of nitrogens with zero attached hydrogens (tertiary/aromatic N) is 4. The van der Waals surface area contributed by atoms with Gasteiger partial charge in [0.1, 0.15) is 29.2 Å². The largest absolute Gasteiger partial charge is 0.485 e. The van der Waals surface area contributed by atoms with E-state index in [9.17, 15) is 13.6 Å². The van der Waals surface area contributed by atoms with Crippen molar-refractivity contribution in [2.45, 2.75) is 51.8 Å². The third kappa shape index (κ3) is 4.68. The highest BCUT2D eigenvalue weighted by atomic mass is 19.1. The summed E-state index contributed by atoms with van der Waals surface area (Å²) in [6.45, 7) is 10.4. The lowest BCUT2D eigenvalue weighted by atomic mass is 10.0. The van der Waals surface area contributed by atoms with Crippen molar-refractivity contribution >= 4 is 17.4 Å². The standard InChI is InChI=1S/C27H34F2N4O2/c1-4-5-10-32-18-24(33(26(32)34)22-8-6-20(28)7-9-22)31-13-11-30(12-14-31)23-16-21(29)15-19-17-27(2,3)35-25(19)23/h6-9,15-16,24H,4-5,10-14,17-18H2,1-3H3. The molecule has 2 aromatic carbocycles. The Morgan fingerprint density at radius 3 is 2.43 bits per heavy atom. The van der Waals surface area contributed by atoms with Crippen molar-refractivity contribution in [2.75, 3.05) is 49.1 Å². The summed E-state index contributed by atoms with van der Waals surface area (Å²) < 4.78 is 34.2. The molecule has 35 heavy (non-hydrogen) atoms. The third-order valence-electron chi connectivity index (χ3n) is 7.23. The Morgan fingerprint density at radius 2 is 1.74 bits per heavy atom. The van der Waals surface area contributed by atoms with Gasteiger partial charge in [-0.15, -0.1) is 0 Å². The van der Waals surface area contributed by atoms with Crippen LogP contribution in [-0.4, -0.2) is 66.9 Å². The Labute approximate surface area is 206 Å². The maximum absolute atomic E-state index is 14.4. The molecule has 3 heterocycles. The van der Waals surface area contributed by atoms with Crippen molar-refractivity contribution in [2.24, 2.45) is 0 Å². The summed E-state index contributed by atoms with van der Waals surface area (Å²) in [7, 11) is 0. The highest BCUT2D eigenvalue weighted by Gasteiger charge is 2.42. The SMILES string of the molecule is CCCCN1CC(N2CCN(c3cc(F)cc4c3OC(C)(C)C4)CC2)N(c2ccc(F)cc2)C1=O. The van der Waals surface area contributed by atoms with Gasteiger partial charge in [0, 0.05) is 56.5 Å². The summed E-state index contributed by atoms with van der Waals surface area (Å²) in [4.78, 5) is 21.5. The fourth-order valence-electron chi connectivity index (χ4n) is 5.49. The van der Waals surface area contributed by atoms with Gasteiger partial charge < -0.3 is 14.5 Å². The van der Waals surface area contributed by atoms with Gasteiger partial charge >= 0.3 is 6.03 Å². The number of hydrogen-bond donors (Lipinski definition) is 0. The van der Waals surface area contributed by atoms with E-state index in [0.29, 0.717) is 38.3 Å². The van der Waals surface area contributed by atoms with Crippen LogP contribution in [0.4, 0.5) is 25.0 Å². The second-order valence-corrected chi connectivity index (χ2v) is 10.4. The van der Waals surface area contributed by atoms with Crippen molar-refractivity contribution in [3.8, 4) is 5.75 Å². The van der Waals surface area contributed by atoms with E-state index in [2.05, 4.69) is 16.7 Å². The number of benzene rings is 2. The van der Waals surface area contributed by atoms with Crippen LogP contribution in [-0.2, 0) is 6.42 Å². The molecule has 188 valence electrons. The molecular weight excluding hydrogens is 450 g/mol. The van der Waals surface area contributed by atoms with Gasteiger partial charge in [0.05, 0.1) is 12.2 Å². The molecule has 2 saturated heterocycles. The molecule has 0 aromatic heterocycles. The Hall–Kier alpha value is -2.87. The normalized spacial score (nSPS) is 22.0. The number of ether oxygens (including phenoxy) is 1. The van der Waals surface area contributed by atoms with E-state index in [4.69, 9.17) is 4.74 Å². The molecule has 1 atom stereocenters. The number of urea groups is 1. The van der Waals surface area contributed by atoms with Crippen LogP contribution < -0.4 is 14.5 Å². The van der Waals surface area contributed by atoms with Crippen molar-refractivity contribution in [1.82, 2.24) is 9.80 Å². The fraction of sp³-hybridized carbons (Fsp3) is 0.519. The molecule has 0 spiro atoms. The van der Waals surface area contributed by atoms with E-state index >= 15 is 0 Å². The minimum atomic E-state index is -0.339. The van der Waals surface area contributed by atoms with Gasteiger partial charge in [0.2, 0.25) is 0 Å². The lowest BCUT2D eigenvalue weighted by Gasteiger charge is -2.41. The molecule has 2 amide bonds. The number of anilines is 2. The minimum absolute atomic E-state index is 0.0314. The van der Waals surface area contributed by atoms with Gasteiger partial charge in [-0.3, -0.25) is 9.80 Å². The van der Waals surface area contributed by atoms with Gasteiger partial charge in [0.15, 0.2) is 0 Å². The molecule has 0 N–H and O–H groups in total. The van der Waals surface area contributed by atoms with E-state index in [1.54, 1.807) is 29.2 Å². The number of hydrogen-bond acceptors (Lipinski definition) is 4. The number of piperazine rings is 1. The predicted octanol–water partition coefficient (Wildman–Crippen LogP) is 4.87. The zero-order valence-electron chi connectivity index (χ0n) is 20.8. The number of unbranched alkanes of at least 4 members (excludes halogenated alkanes) is 1. The van der Waals surface area contributed by atoms with Crippen LogP contribution in [0, 0.1) is 11.6 Å². The molecule has 8 heteroatoms. The summed E-state index contributed by atoms with van der Waals surface area (Å²) in [5, 5.41) is 0. The number of amides is 2. The molecular formula is C27H34F2N4O2. The van der Waals surface area contributed by atoms with Crippen molar-refractivity contribution in [3.05, 3.63) is 53.6 Å². The summed E-state index contributed by atoms with van der Waals surface area (Å²) in [6.07, 6.45) is 2.53. The lowest BCUT2D eigenvalue weighted by Crippen LogP contribution is -2.55. The second-order valence-electron chi connectivity index (χ2n) is 10.4. The summed E-state index contributed by atoms with van der Waals surface area (Å²) in [5.74, 6) is 0.235. The fourth-order valence-corrected chi connectivity index (χ4v) is 5.49. The van der Waals surface area contributed by atoms with Crippen LogP contribution in [0.1, 0.15) is 39.2 Å². The predicted molar refractivity (Wildman–Crippen MR) is 133 cm³/mol. The quantitative estimate of drug-likeness (QED) is 0.587. The average molecular weight is 485 g/mol. The zero-order chi connectivity index (χ0) is 24.7. The molecule has 0 aliphatic carbocycles. The third-order valence-corrected chi connectivity index (χ3v) is 7.23. The first-order chi connectivity index (χ1) is 16.8. The van der Waals surface area contributed by atoms with Gasteiger partial charge in [-0.2, -0.15) is 0 Å². The Morgan fingerprint density at radius 1 is 1.03 bits per heavy atom. The monoisotopic (exact) mass is 484 g/mol. The topological polar surface area (TPSA) is 39.3 Å². The number of rotatable bonds is 6. The summed E-state index contributed by atoms with van der Waals surface area (Å²) in [6, 6.07) is 9.28. The molecule has 3 aliphatic heterocycles. The van der Waals surface area contributed by atoms with Crippen LogP contribution in [0.5, 0.6) is 5.75 Å². The van der Waals surface area contributed by atoms with E-state index in [1.165, 1.54) is 12.1 Å². The lowest BCUT2D eigenvalue weighted by molar-refractivity contribution is 0.138. The number of carbonyl (C=O) groups excluding carboxylic acids is 1. The average Bonchev–Trinajstić information content (AvgIpc) is 3.32. The van der Waals surface area contributed by atoms with Crippen LogP contribution in [0.15, 0.2) is 36.4 Å². The van der Waals surface area contributed by atoms with Crippen molar-refractivity contribution in [3.63, 3.8) is 0 Å². The van der Waals surface area contributed by atoms with Crippen LogP contribution in [0.2, 0.25) is 0 Å². The Balaban J connectivity index is 1.34. The van der Waals surface area contributed by atoms with Crippen LogP contribution >= 0.6 is 0 Å². The number of carbonyl (C=O) groups is 1. The minimum Gasteiger partial charge on any atom is -0.485 e. The first kappa shape index (κ1) is 23.9. The summed E-state index contributed by atoms with van der Waals surface area (Å²) >= 11 is 0. The molecule has 0 bridgehead atoms. The highest BCUT2D eigenvalue weighted by Crippen LogP contribution is 2.43. The molecule has 1 unspecified atom stereocenters. The van der Waals surface area contributed by atoms with Gasteiger partial charge in [-0.1, -0.05) is 13.3 Å². The molecule has 2 aromatic rings. The van der Waals surface area contributed by atoms with Gasteiger partial charge in [-0.05, 0) is 50.6 Å². The van der Waals surface area contributed by atoms with Crippen molar-refractivity contribution < 1.29 is 18.3 Å². The van der Waals surface area contributed by atoms with Gasteiger partial charge in [-0.25, -0.2) is 13.6 Å².